The highest BCUT2D eigenvalue weighted by Crippen LogP contribution is 2.23. The van der Waals surface area contributed by atoms with E-state index in [0.29, 0.717) is 6.61 Å². The molecule has 1 fully saturated rings. The lowest BCUT2D eigenvalue weighted by Gasteiger charge is -2.17. The van der Waals surface area contributed by atoms with Gasteiger partial charge in [0.15, 0.2) is 6.29 Å². The van der Waals surface area contributed by atoms with Crippen LogP contribution in [-0.2, 0) is 18.9 Å². The van der Waals surface area contributed by atoms with Crippen molar-refractivity contribution in [3.8, 4) is 0 Å². The first-order valence-electron chi connectivity index (χ1n) is 4.12. The second-order valence-electron chi connectivity index (χ2n) is 2.92. The van der Waals surface area contributed by atoms with E-state index in [9.17, 15) is 5.11 Å². The van der Waals surface area contributed by atoms with Crippen LogP contribution in [0.4, 0.5) is 0 Å². The molecule has 78 valence electrons. The van der Waals surface area contributed by atoms with E-state index in [2.05, 4.69) is 0 Å². The molecule has 0 aromatic carbocycles. The average molecular weight is 192 g/mol. The number of methoxy groups -OCH3 is 3. The molecule has 1 heterocycles. The zero-order chi connectivity index (χ0) is 9.84. The van der Waals surface area contributed by atoms with Crippen molar-refractivity contribution < 1.29 is 24.1 Å². The van der Waals surface area contributed by atoms with Gasteiger partial charge in [0.05, 0.1) is 6.61 Å². The van der Waals surface area contributed by atoms with Crippen molar-refractivity contribution in [1.82, 2.24) is 0 Å². The summed E-state index contributed by atoms with van der Waals surface area (Å²) in [4.78, 5) is 0. The number of hydrogen-bond donors (Lipinski definition) is 1. The summed E-state index contributed by atoms with van der Waals surface area (Å²) in [5, 5.41) is 9.62. The molecule has 1 aliphatic heterocycles. The first-order chi connectivity index (χ1) is 6.24. The molecule has 4 atom stereocenters. The van der Waals surface area contributed by atoms with Crippen molar-refractivity contribution in [2.75, 3.05) is 27.9 Å². The van der Waals surface area contributed by atoms with Gasteiger partial charge in [-0.25, -0.2) is 0 Å². The smallest absolute Gasteiger partial charge is 0.186 e. The number of ether oxygens (including phenoxy) is 4. The van der Waals surface area contributed by atoms with Crippen molar-refractivity contribution in [2.45, 2.75) is 24.6 Å². The minimum atomic E-state index is -0.754. The summed E-state index contributed by atoms with van der Waals surface area (Å²) in [6, 6.07) is 0. The maximum atomic E-state index is 9.62. The molecule has 1 rings (SSSR count). The maximum Gasteiger partial charge on any atom is 0.186 e. The molecule has 1 saturated heterocycles. The summed E-state index contributed by atoms with van der Waals surface area (Å²) in [5.41, 5.74) is 0. The SMILES string of the molecule is COC[C@@H]1O[C@H](OC)C(O)C1OC. The highest BCUT2D eigenvalue weighted by molar-refractivity contribution is 4.87. The summed E-state index contributed by atoms with van der Waals surface area (Å²) >= 11 is 0. The van der Waals surface area contributed by atoms with Gasteiger partial charge in [-0.2, -0.15) is 0 Å². The Bertz CT molecular complexity index is 151. The third-order valence-electron chi connectivity index (χ3n) is 2.13. The number of rotatable bonds is 4. The van der Waals surface area contributed by atoms with Gasteiger partial charge in [0, 0.05) is 21.3 Å². The average Bonchev–Trinajstić information content (AvgIpc) is 2.43. The molecule has 1 N–H and O–H groups in total. The predicted molar refractivity (Wildman–Crippen MR) is 44.3 cm³/mol. The molecule has 0 aromatic rings. The van der Waals surface area contributed by atoms with E-state index < -0.39 is 12.4 Å². The number of aliphatic hydroxyl groups excluding tert-OH is 1. The van der Waals surface area contributed by atoms with E-state index >= 15 is 0 Å². The van der Waals surface area contributed by atoms with Crippen molar-refractivity contribution >= 4 is 0 Å². The number of hydrogen-bond acceptors (Lipinski definition) is 5. The lowest BCUT2D eigenvalue weighted by Crippen LogP contribution is -2.36. The Kier molecular flexibility index (Phi) is 4.08. The molecule has 2 unspecified atom stereocenters. The summed E-state index contributed by atoms with van der Waals surface area (Å²) in [6.07, 6.45) is -2.03. The zero-order valence-electron chi connectivity index (χ0n) is 8.10. The fourth-order valence-electron chi connectivity index (χ4n) is 1.49. The van der Waals surface area contributed by atoms with Gasteiger partial charge in [0.25, 0.3) is 0 Å². The van der Waals surface area contributed by atoms with Crippen molar-refractivity contribution in [1.29, 1.82) is 0 Å². The van der Waals surface area contributed by atoms with Gasteiger partial charge in [-0.1, -0.05) is 0 Å². The van der Waals surface area contributed by atoms with Gasteiger partial charge in [-0.05, 0) is 0 Å². The van der Waals surface area contributed by atoms with Crippen molar-refractivity contribution in [3.63, 3.8) is 0 Å². The van der Waals surface area contributed by atoms with Crippen LogP contribution in [-0.4, -0.2) is 57.6 Å². The molecule has 5 heteroatoms. The Hall–Kier alpha value is -0.200. The standard InChI is InChI=1S/C8H16O5/c1-10-4-5-7(11-2)6(9)8(12-3)13-5/h5-9H,4H2,1-3H3/t5-,6?,7?,8-/m0/s1. The molecular formula is C8H16O5. The summed E-state index contributed by atoms with van der Waals surface area (Å²) in [5.74, 6) is 0. The molecule has 0 spiro atoms. The Morgan fingerprint density at radius 1 is 1.23 bits per heavy atom. The van der Waals surface area contributed by atoms with Crippen LogP contribution in [0.2, 0.25) is 0 Å². The topological polar surface area (TPSA) is 57.2 Å². The molecule has 0 radical (unpaired) electrons. The van der Waals surface area contributed by atoms with Crippen LogP contribution in [0.5, 0.6) is 0 Å². The van der Waals surface area contributed by atoms with Crippen LogP contribution in [0, 0.1) is 0 Å². The van der Waals surface area contributed by atoms with E-state index in [4.69, 9.17) is 18.9 Å². The summed E-state index contributed by atoms with van der Waals surface area (Å²) in [7, 11) is 4.58. The van der Waals surface area contributed by atoms with Gasteiger partial charge >= 0.3 is 0 Å². The Morgan fingerprint density at radius 2 is 1.92 bits per heavy atom. The highest BCUT2D eigenvalue weighted by atomic mass is 16.7. The Balaban J connectivity index is 2.55. The van der Waals surface area contributed by atoms with Gasteiger partial charge in [-0.3, -0.25) is 0 Å². The lowest BCUT2D eigenvalue weighted by molar-refractivity contribution is -0.154. The van der Waals surface area contributed by atoms with Crippen LogP contribution >= 0.6 is 0 Å². The van der Waals surface area contributed by atoms with Gasteiger partial charge < -0.3 is 24.1 Å². The lowest BCUT2D eigenvalue weighted by atomic mass is 10.1. The minimum absolute atomic E-state index is 0.269. The normalized spacial score (nSPS) is 39.7. The molecular weight excluding hydrogens is 176 g/mol. The third-order valence-corrected chi connectivity index (χ3v) is 2.13. The Morgan fingerprint density at radius 3 is 2.38 bits per heavy atom. The fourth-order valence-corrected chi connectivity index (χ4v) is 1.49. The second-order valence-corrected chi connectivity index (χ2v) is 2.92. The minimum Gasteiger partial charge on any atom is -0.385 e. The molecule has 0 saturated carbocycles. The predicted octanol–water partition coefficient (Wildman–Crippen LogP) is -0.620. The van der Waals surface area contributed by atoms with E-state index in [0.717, 1.165) is 0 Å². The van der Waals surface area contributed by atoms with E-state index in [1.807, 2.05) is 0 Å². The van der Waals surface area contributed by atoms with Crippen LogP contribution < -0.4 is 0 Å². The quantitative estimate of drug-likeness (QED) is 0.643. The Labute approximate surface area is 77.5 Å². The number of aliphatic hydroxyl groups is 1. The molecule has 0 aliphatic carbocycles. The first kappa shape index (κ1) is 10.9. The fraction of sp³-hybridized carbons (Fsp3) is 1.00. The van der Waals surface area contributed by atoms with Crippen LogP contribution in [0.3, 0.4) is 0 Å². The first-order valence-corrected chi connectivity index (χ1v) is 4.12. The molecule has 0 bridgehead atoms. The highest BCUT2D eigenvalue weighted by Gasteiger charge is 2.44. The van der Waals surface area contributed by atoms with E-state index in [1.54, 1.807) is 7.11 Å². The van der Waals surface area contributed by atoms with Crippen molar-refractivity contribution in [3.05, 3.63) is 0 Å². The zero-order valence-corrected chi connectivity index (χ0v) is 8.10. The van der Waals surface area contributed by atoms with Gasteiger partial charge in [0.2, 0.25) is 0 Å². The van der Waals surface area contributed by atoms with Crippen molar-refractivity contribution in [2.24, 2.45) is 0 Å². The van der Waals surface area contributed by atoms with E-state index in [1.165, 1.54) is 14.2 Å². The molecule has 5 nitrogen and oxygen atoms in total. The third kappa shape index (κ3) is 2.18. The van der Waals surface area contributed by atoms with Crippen LogP contribution in [0.1, 0.15) is 0 Å². The summed E-state index contributed by atoms with van der Waals surface area (Å²) in [6.45, 7) is 0.384. The molecule has 13 heavy (non-hydrogen) atoms. The maximum absolute atomic E-state index is 9.62. The van der Waals surface area contributed by atoms with Crippen LogP contribution in [0.15, 0.2) is 0 Å². The van der Waals surface area contributed by atoms with Gasteiger partial charge in [-0.15, -0.1) is 0 Å². The van der Waals surface area contributed by atoms with Crippen LogP contribution in [0.25, 0.3) is 0 Å². The summed E-state index contributed by atoms with van der Waals surface area (Å²) < 4.78 is 20.3. The monoisotopic (exact) mass is 192 g/mol. The molecule has 0 aromatic heterocycles. The second kappa shape index (κ2) is 4.88. The molecule has 0 amide bonds. The van der Waals surface area contributed by atoms with E-state index in [-0.39, 0.29) is 12.2 Å². The van der Waals surface area contributed by atoms with Gasteiger partial charge in [0.1, 0.15) is 18.3 Å². The molecule has 1 aliphatic rings. The largest absolute Gasteiger partial charge is 0.385 e.